The molecule has 0 spiro atoms. The average Bonchev–Trinajstić information content (AvgIpc) is 1.98. The lowest BCUT2D eigenvalue weighted by Crippen LogP contribution is -2.20. The third-order valence-electron chi connectivity index (χ3n) is 1.96. The normalized spacial score (nSPS) is 12.1. The first kappa shape index (κ1) is 11.3. The van der Waals surface area contributed by atoms with Gasteiger partial charge in [0.15, 0.2) is 0 Å². The molecule has 0 unspecified atom stereocenters. The van der Waals surface area contributed by atoms with E-state index in [2.05, 4.69) is 57.9 Å². The molecule has 0 aromatic heterocycles. The van der Waals surface area contributed by atoms with Crippen LogP contribution in [0.4, 0.5) is 0 Å². The maximum atomic E-state index is 2.22. The van der Waals surface area contributed by atoms with E-state index < -0.39 is 0 Å². The monoisotopic (exact) mass is 170 g/mol. The smallest absolute Gasteiger partial charge is 0.0315 e. The molecule has 0 amide bonds. The van der Waals surface area contributed by atoms with Crippen LogP contribution in [0.1, 0.15) is 20.8 Å². The minimum absolute atomic E-state index is 0.592. The summed E-state index contributed by atoms with van der Waals surface area (Å²) in [6.45, 7) is 7.65. The summed E-state index contributed by atoms with van der Waals surface area (Å²) in [5.41, 5.74) is 1.37. The van der Waals surface area contributed by atoms with Gasteiger partial charge in [0.25, 0.3) is 0 Å². The van der Waals surface area contributed by atoms with Crippen molar-refractivity contribution in [1.29, 1.82) is 0 Å². The van der Waals surface area contributed by atoms with Crippen molar-refractivity contribution in [2.45, 2.75) is 20.8 Å². The number of rotatable bonds is 4. The molecule has 0 bridgehead atoms. The second-order valence-electron chi connectivity index (χ2n) is 3.68. The highest BCUT2D eigenvalue weighted by atomic mass is 15.1. The molecule has 0 rings (SSSR count). The minimum Gasteiger partial charge on any atom is -0.380 e. The van der Waals surface area contributed by atoms with Crippen LogP contribution in [0.3, 0.4) is 0 Å². The molecule has 0 aliphatic rings. The van der Waals surface area contributed by atoms with E-state index in [-0.39, 0.29) is 0 Å². The van der Waals surface area contributed by atoms with Gasteiger partial charge in [0.2, 0.25) is 0 Å². The molecule has 12 heavy (non-hydrogen) atoms. The van der Waals surface area contributed by atoms with E-state index >= 15 is 0 Å². The zero-order valence-corrected chi connectivity index (χ0v) is 9.26. The lowest BCUT2D eigenvalue weighted by atomic mass is 10.1. The van der Waals surface area contributed by atoms with Crippen LogP contribution in [0.25, 0.3) is 0 Å². The fourth-order valence-electron chi connectivity index (χ4n) is 1.10. The molecule has 0 radical (unpaired) electrons. The Morgan fingerprint density at radius 1 is 1.25 bits per heavy atom. The van der Waals surface area contributed by atoms with Crippen molar-refractivity contribution in [2.75, 3.05) is 27.7 Å². The van der Waals surface area contributed by atoms with Crippen LogP contribution in [0.15, 0.2) is 11.9 Å². The molecule has 2 heteroatoms. The zero-order chi connectivity index (χ0) is 9.72. The summed E-state index contributed by atoms with van der Waals surface area (Å²) in [5, 5.41) is 0. The third-order valence-corrected chi connectivity index (χ3v) is 1.96. The molecule has 2 nitrogen and oxygen atoms in total. The molecular formula is C10H22N2. The standard InChI is InChI=1S/C10H22N2/c1-7-12(6)8-10(9(2)3)11(4)5/h8-9H,7H2,1-6H3/b10-8-. The predicted molar refractivity (Wildman–Crippen MR) is 54.9 cm³/mol. The highest BCUT2D eigenvalue weighted by Crippen LogP contribution is 2.11. The van der Waals surface area contributed by atoms with E-state index in [0.717, 1.165) is 6.54 Å². The van der Waals surface area contributed by atoms with Gasteiger partial charge in [-0.1, -0.05) is 13.8 Å². The summed E-state index contributed by atoms with van der Waals surface area (Å²) in [6.07, 6.45) is 2.21. The molecule has 0 saturated heterocycles. The SMILES string of the molecule is CCN(C)/C=C(/C(C)C)N(C)C. The Labute approximate surface area is 76.9 Å². The van der Waals surface area contributed by atoms with Crippen LogP contribution in [-0.4, -0.2) is 37.5 Å². The van der Waals surface area contributed by atoms with E-state index in [0.29, 0.717) is 5.92 Å². The van der Waals surface area contributed by atoms with Crippen LogP contribution >= 0.6 is 0 Å². The van der Waals surface area contributed by atoms with Crippen molar-refractivity contribution >= 4 is 0 Å². The molecule has 0 heterocycles. The Hall–Kier alpha value is -0.660. The summed E-state index contributed by atoms with van der Waals surface area (Å²) in [5.74, 6) is 0.592. The maximum absolute atomic E-state index is 2.22. The van der Waals surface area contributed by atoms with E-state index in [1.165, 1.54) is 5.70 Å². The Bertz CT molecular complexity index is 138. The molecule has 0 atom stereocenters. The van der Waals surface area contributed by atoms with Crippen molar-refractivity contribution in [3.05, 3.63) is 11.9 Å². The largest absolute Gasteiger partial charge is 0.380 e. The lowest BCUT2D eigenvalue weighted by Gasteiger charge is -2.23. The van der Waals surface area contributed by atoms with Crippen molar-refractivity contribution in [3.63, 3.8) is 0 Å². The van der Waals surface area contributed by atoms with Gasteiger partial charge in [0.1, 0.15) is 0 Å². The molecule has 0 aromatic carbocycles. The van der Waals surface area contributed by atoms with Crippen molar-refractivity contribution in [2.24, 2.45) is 5.92 Å². The summed E-state index contributed by atoms with van der Waals surface area (Å²) in [4.78, 5) is 4.38. The summed E-state index contributed by atoms with van der Waals surface area (Å²) >= 11 is 0. The summed E-state index contributed by atoms with van der Waals surface area (Å²) in [7, 11) is 6.29. The Kier molecular flexibility index (Phi) is 4.79. The molecule has 0 saturated carbocycles. The van der Waals surface area contributed by atoms with Crippen LogP contribution in [0.5, 0.6) is 0 Å². The van der Waals surface area contributed by atoms with Crippen LogP contribution < -0.4 is 0 Å². The van der Waals surface area contributed by atoms with Gasteiger partial charge in [-0.25, -0.2) is 0 Å². The van der Waals surface area contributed by atoms with Gasteiger partial charge < -0.3 is 9.80 Å². The topological polar surface area (TPSA) is 6.48 Å². The van der Waals surface area contributed by atoms with Gasteiger partial charge in [0.05, 0.1) is 0 Å². The van der Waals surface area contributed by atoms with E-state index in [1.54, 1.807) is 0 Å². The van der Waals surface area contributed by atoms with E-state index in [4.69, 9.17) is 0 Å². The fraction of sp³-hybridized carbons (Fsp3) is 0.800. The molecule has 0 aliphatic carbocycles. The first-order valence-electron chi connectivity index (χ1n) is 4.58. The van der Waals surface area contributed by atoms with Gasteiger partial charge in [-0.15, -0.1) is 0 Å². The second-order valence-corrected chi connectivity index (χ2v) is 3.68. The summed E-state index contributed by atoms with van der Waals surface area (Å²) < 4.78 is 0. The number of allylic oxidation sites excluding steroid dienone is 1. The van der Waals surface area contributed by atoms with Gasteiger partial charge in [-0.2, -0.15) is 0 Å². The Balaban J connectivity index is 4.38. The third kappa shape index (κ3) is 3.65. The zero-order valence-electron chi connectivity index (χ0n) is 9.26. The van der Waals surface area contributed by atoms with E-state index in [1.807, 2.05) is 0 Å². The molecular weight excluding hydrogens is 148 g/mol. The fourth-order valence-corrected chi connectivity index (χ4v) is 1.10. The molecule has 0 aromatic rings. The van der Waals surface area contributed by atoms with E-state index in [9.17, 15) is 0 Å². The van der Waals surface area contributed by atoms with Crippen LogP contribution in [0.2, 0.25) is 0 Å². The average molecular weight is 170 g/mol. The van der Waals surface area contributed by atoms with Crippen molar-refractivity contribution in [1.82, 2.24) is 9.80 Å². The van der Waals surface area contributed by atoms with Gasteiger partial charge in [-0.3, -0.25) is 0 Å². The Morgan fingerprint density at radius 3 is 2.00 bits per heavy atom. The van der Waals surface area contributed by atoms with Gasteiger partial charge in [0, 0.05) is 39.6 Å². The molecule has 0 aliphatic heterocycles. The lowest BCUT2D eigenvalue weighted by molar-refractivity contribution is 0.402. The number of hydrogen-bond donors (Lipinski definition) is 0. The Morgan fingerprint density at radius 2 is 1.75 bits per heavy atom. The number of hydrogen-bond acceptors (Lipinski definition) is 2. The van der Waals surface area contributed by atoms with Crippen LogP contribution in [0, 0.1) is 5.92 Å². The second kappa shape index (κ2) is 5.07. The first-order valence-corrected chi connectivity index (χ1v) is 4.58. The van der Waals surface area contributed by atoms with Gasteiger partial charge >= 0.3 is 0 Å². The highest BCUT2D eigenvalue weighted by Gasteiger charge is 2.05. The predicted octanol–water partition coefficient (Wildman–Crippen LogP) is 2.00. The van der Waals surface area contributed by atoms with Crippen molar-refractivity contribution in [3.8, 4) is 0 Å². The minimum atomic E-state index is 0.592. The van der Waals surface area contributed by atoms with Gasteiger partial charge in [-0.05, 0) is 12.8 Å². The highest BCUT2D eigenvalue weighted by molar-refractivity contribution is 5.01. The molecule has 0 fully saturated rings. The van der Waals surface area contributed by atoms with Crippen molar-refractivity contribution < 1.29 is 0 Å². The number of nitrogens with zero attached hydrogens (tertiary/aromatic N) is 2. The summed E-state index contributed by atoms with van der Waals surface area (Å²) in [6, 6.07) is 0. The first-order chi connectivity index (χ1) is 5.49. The quantitative estimate of drug-likeness (QED) is 0.636. The maximum Gasteiger partial charge on any atom is 0.0315 e. The molecule has 72 valence electrons. The van der Waals surface area contributed by atoms with Crippen LogP contribution in [-0.2, 0) is 0 Å². The molecule has 0 N–H and O–H groups in total.